The van der Waals surface area contributed by atoms with Crippen molar-refractivity contribution in [3.05, 3.63) is 0 Å². The molecule has 0 aromatic heterocycles. The quantitative estimate of drug-likeness (QED) is 0.781. The number of nitrogens with zero attached hydrogens (tertiary/aromatic N) is 1. The predicted molar refractivity (Wildman–Crippen MR) is 64.0 cm³/mol. The van der Waals surface area contributed by atoms with E-state index >= 15 is 0 Å². The Labute approximate surface area is 98.1 Å². The Balaban J connectivity index is 2.82. The van der Waals surface area contributed by atoms with Gasteiger partial charge in [0.15, 0.2) is 0 Å². The molecule has 3 unspecified atom stereocenters. The van der Waals surface area contributed by atoms with E-state index in [4.69, 9.17) is 10.5 Å². The van der Waals surface area contributed by atoms with Crippen LogP contribution in [0.25, 0.3) is 0 Å². The lowest BCUT2D eigenvalue weighted by Gasteiger charge is -2.36. The van der Waals surface area contributed by atoms with E-state index in [1.54, 1.807) is 0 Å². The van der Waals surface area contributed by atoms with Gasteiger partial charge in [0.2, 0.25) is 5.91 Å². The summed E-state index contributed by atoms with van der Waals surface area (Å²) in [5.74, 6) is 0.134. The minimum absolute atomic E-state index is 0.134. The number of rotatable bonds is 4. The fourth-order valence-electron chi connectivity index (χ4n) is 2.11. The predicted octanol–water partition coefficient (Wildman–Crippen LogP) is 0.997. The highest BCUT2D eigenvalue weighted by molar-refractivity contribution is 5.84. The molecule has 1 rings (SSSR count). The maximum atomic E-state index is 12.5. The summed E-state index contributed by atoms with van der Waals surface area (Å²) in [5.41, 5.74) is 5.43. The second kappa shape index (κ2) is 5.15. The van der Waals surface area contributed by atoms with E-state index in [1.807, 2.05) is 18.7 Å². The molecule has 0 aromatic rings. The third kappa shape index (κ3) is 2.23. The first-order valence-corrected chi connectivity index (χ1v) is 6.11. The van der Waals surface area contributed by atoms with Crippen LogP contribution in [0.1, 0.15) is 34.1 Å². The summed E-state index contributed by atoms with van der Waals surface area (Å²) in [6, 6.07) is 0.0835. The van der Waals surface area contributed by atoms with Crippen LogP contribution in [-0.2, 0) is 9.53 Å². The standard InChI is InChI=1S/C12H24N2O2/c1-5-9(3)14(6-2)11(15)12(4)8-16-7-10(12)13/h9-10H,5-8,13H2,1-4H3. The highest BCUT2D eigenvalue weighted by Gasteiger charge is 2.46. The van der Waals surface area contributed by atoms with Crippen LogP contribution in [0.15, 0.2) is 0 Å². The lowest BCUT2D eigenvalue weighted by atomic mass is 9.83. The minimum Gasteiger partial charge on any atom is -0.379 e. The Morgan fingerprint density at radius 2 is 2.25 bits per heavy atom. The van der Waals surface area contributed by atoms with Crippen LogP contribution in [0.4, 0.5) is 0 Å². The molecule has 1 aliphatic rings. The molecule has 1 heterocycles. The number of carbonyl (C=O) groups excluding carboxylic acids is 1. The summed E-state index contributed by atoms with van der Waals surface area (Å²) >= 11 is 0. The first-order valence-electron chi connectivity index (χ1n) is 6.11. The van der Waals surface area contributed by atoms with Gasteiger partial charge >= 0.3 is 0 Å². The smallest absolute Gasteiger partial charge is 0.232 e. The van der Waals surface area contributed by atoms with Gasteiger partial charge in [0.1, 0.15) is 0 Å². The number of amides is 1. The molecule has 94 valence electrons. The van der Waals surface area contributed by atoms with Crippen molar-refractivity contribution in [1.29, 1.82) is 0 Å². The number of carbonyl (C=O) groups is 1. The van der Waals surface area contributed by atoms with Crippen molar-refractivity contribution < 1.29 is 9.53 Å². The summed E-state index contributed by atoms with van der Waals surface area (Å²) in [6.45, 7) is 9.75. The third-order valence-electron chi connectivity index (χ3n) is 3.73. The van der Waals surface area contributed by atoms with E-state index in [0.29, 0.717) is 13.2 Å². The molecule has 3 atom stereocenters. The van der Waals surface area contributed by atoms with Gasteiger partial charge in [0.05, 0.1) is 18.6 Å². The Morgan fingerprint density at radius 1 is 1.62 bits per heavy atom. The van der Waals surface area contributed by atoms with Crippen molar-refractivity contribution in [2.45, 2.75) is 46.2 Å². The van der Waals surface area contributed by atoms with Gasteiger partial charge in [0.25, 0.3) is 0 Å². The number of hydrogen-bond acceptors (Lipinski definition) is 3. The SMILES string of the molecule is CCC(C)N(CC)C(=O)C1(C)COCC1N. The van der Waals surface area contributed by atoms with Gasteiger partial charge in [-0.25, -0.2) is 0 Å². The van der Waals surface area contributed by atoms with Crippen molar-refractivity contribution in [3.63, 3.8) is 0 Å². The molecule has 1 aliphatic heterocycles. The molecule has 0 aromatic carbocycles. The maximum Gasteiger partial charge on any atom is 0.232 e. The molecule has 16 heavy (non-hydrogen) atoms. The second-order valence-corrected chi connectivity index (χ2v) is 4.89. The summed E-state index contributed by atoms with van der Waals surface area (Å²) < 4.78 is 5.33. The van der Waals surface area contributed by atoms with Crippen LogP contribution in [0.5, 0.6) is 0 Å². The molecule has 0 saturated carbocycles. The fraction of sp³-hybridized carbons (Fsp3) is 0.917. The van der Waals surface area contributed by atoms with Gasteiger partial charge in [-0.2, -0.15) is 0 Å². The molecule has 0 spiro atoms. The van der Waals surface area contributed by atoms with E-state index in [0.717, 1.165) is 13.0 Å². The largest absolute Gasteiger partial charge is 0.379 e. The Bertz CT molecular complexity index is 257. The normalized spacial score (nSPS) is 31.4. The number of nitrogens with two attached hydrogens (primary N) is 1. The third-order valence-corrected chi connectivity index (χ3v) is 3.73. The molecule has 4 heteroatoms. The van der Waals surface area contributed by atoms with Crippen molar-refractivity contribution in [2.75, 3.05) is 19.8 Å². The van der Waals surface area contributed by atoms with E-state index in [9.17, 15) is 4.79 Å². The monoisotopic (exact) mass is 228 g/mol. The average Bonchev–Trinajstić information content (AvgIpc) is 2.61. The van der Waals surface area contributed by atoms with Gasteiger partial charge in [-0.15, -0.1) is 0 Å². The molecule has 0 radical (unpaired) electrons. The van der Waals surface area contributed by atoms with Gasteiger partial charge < -0.3 is 15.4 Å². The molecule has 0 aliphatic carbocycles. The van der Waals surface area contributed by atoms with Crippen LogP contribution in [0.3, 0.4) is 0 Å². The minimum atomic E-state index is -0.542. The average molecular weight is 228 g/mol. The van der Waals surface area contributed by atoms with E-state index in [-0.39, 0.29) is 18.0 Å². The van der Waals surface area contributed by atoms with Crippen LogP contribution in [0.2, 0.25) is 0 Å². The topological polar surface area (TPSA) is 55.6 Å². The van der Waals surface area contributed by atoms with Crippen molar-refractivity contribution in [1.82, 2.24) is 4.90 Å². The molecule has 1 saturated heterocycles. The van der Waals surface area contributed by atoms with Crippen LogP contribution < -0.4 is 5.73 Å². The zero-order valence-corrected chi connectivity index (χ0v) is 10.8. The summed E-state index contributed by atoms with van der Waals surface area (Å²) in [7, 11) is 0. The van der Waals surface area contributed by atoms with Gasteiger partial charge in [-0.05, 0) is 27.2 Å². The molecule has 0 bridgehead atoms. The molecular weight excluding hydrogens is 204 g/mol. The highest BCUT2D eigenvalue weighted by atomic mass is 16.5. The van der Waals surface area contributed by atoms with Crippen molar-refractivity contribution in [2.24, 2.45) is 11.1 Å². The first kappa shape index (κ1) is 13.5. The van der Waals surface area contributed by atoms with Crippen molar-refractivity contribution >= 4 is 5.91 Å². The molecule has 1 fully saturated rings. The van der Waals surface area contributed by atoms with Crippen LogP contribution in [-0.4, -0.2) is 42.6 Å². The lowest BCUT2D eigenvalue weighted by molar-refractivity contribution is -0.143. The van der Waals surface area contributed by atoms with E-state index < -0.39 is 5.41 Å². The van der Waals surface area contributed by atoms with E-state index in [2.05, 4.69) is 13.8 Å². The Morgan fingerprint density at radius 3 is 2.62 bits per heavy atom. The van der Waals surface area contributed by atoms with Gasteiger partial charge in [-0.1, -0.05) is 6.92 Å². The Kier molecular flexibility index (Phi) is 4.33. The zero-order valence-electron chi connectivity index (χ0n) is 10.8. The maximum absolute atomic E-state index is 12.5. The lowest BCUT2D eigenvalue weighted by Crippen LogP contribution is -2.53. The molecular formula is C12H24N2O2. The highest BCUT2D eigenvalue weighted by Crippen LogP contribution is 2.30. The first-order chi connectivity index (χ1) is 7.47. The van der Waals surface area contributed by atoms with E-state index in [1.165, 1.54) is 0 Å². The molecule has 1 amide bonds. The van der Waals surface area contributed by atoms with Gasteiger partial charge in [-0.3, -0.25) is 4.79 Å². The number of hydrogen-bond donors (Lipinski definition) is 1. The van der Waals surface area contributed by atoms with Gasteiger partial charge in [0, 0.05) is 18.6 Å². The Hall–Kier alpha value is -0.610. The van der Waals surface area contributed by atoms with Crippen molar-refractivity contribution in [3.8, 4) is 0 Å². The van der Waals surface area contributed by atoms with Crippen LogP contribution >= 0.6 is 0 Å². The molecule has 2 N–H and O–H groups in total. The summed E-state index contributed by atoms with van der Waals surface area (Å²) in [4.78, 5) is 14.4. The summed E-state index contributed by atoms with van der Waals surface area (Å²) in [5, 5.41) is 0. The fourth-order valence-corrected chi connectivity index (χ4v) is 2.11. The second-order valence-electron chi connectivity index (χ2n) is 4.89. The number of ether oxygens (including phenoxy) is 1. The zero-order chi connectivity index (χ0) is 12.3. The summed E-state index contributed by atoms with van der Waals surface area (Å²) in [6.07, 6.45) is 0.964. The molecule has 4 nitrogen and oxygen atoms in total. The van der Waals surface area contributed by atoms with Crippen LogP contribution in [0, 0.1) is 5.41 Å².